The lowest BCUT2D eigenvalue weighted by Crippen LogP contribution is -2.55. The molecular weight excluding hydrogens is 287 g/mol. The first-order chi connectivity index (χ1) is 9.47. The number of aliphatic carboxylic acids is 1. The molecule has 2 rings (SSSR count). The average molecular weight is 301 g/mol. The van der Waals surface area contributed by atoms with E-state index in [1.165, 1.54) is 18.2 Å². The van der Waals surface area contributed by atoms with Gasteiger partial charge in [0.2, 0.25) is 5.91 Å². The summed E-state index contributed by atoms with van der Waals surface area (Å²) in [7, 11) is 0. The Morgan fingerprint density at radius 2 is 2.30 bits per heavy atom. The maximum atomic E-state index is 13.7. The molecule has 1 saturated heterocycles. The number of nitrogens with one attached hydrogen (secondary N) is 1. The van der Waals surface area contributed by atoms with Crippen LogP contribution < -0.4 is 5.32 Å². The first-order valence-corrected chi connectivity index (χ1v) is 6.52. The number of benzene rings is 1. The van der Waals surface area contributed by atoms with Crippen LogP contribution in [0.15, 0.2) is 18.2 Å². The minimum atomic E-state index is -1.07. The Bertz CT molecular complexity index is 538. The van der Waals surface area contributed by atoms with Gasteiger partial charge < -0.3 is 10.4 Å². The molecular formula is C13H14ClFN2O3. The Kier molecular flexibility index (Phi) is 4.57. The van der Waals surface area contributed by atoms with Gasteiger partial charge in [-0.15, -0.1) is 0 Å². The quantitative estimate of drug-likeness (QED) is 0.878. The summed E-state index contributed by atoms with van der Waals surface area (Å²) in [5.74, 6) is -1.83. The maximum Gasteiger partial charge on any atom is 0.305 e. The van der Waals surface area contributed by atoms with Crippen LogP contribution in [0.2, 0.25) is 5.02 Å². The number of halogens is 2. The van der Waals surface area contributed by atoms with E-state index in [0.29, 0.717) is 23.7 Å². The SMILES string of the molecule is O=C(O)CC1C(=O)NCCN1Cc1cc(Cl)ccc1F. The third-order valence-corrected chi connectivity index (χ3v) is 3.43. The van der Waals surface area contributed by atoms with Gasteiger partial charge in [0, 0.05) is 30.2 Å². The van der Waals surface area contributed by atoms with Crippen molar-refractivity contribution in [3.8, 4) is 0 Å². The van der Waals surface area contributed by atoms with Crippen LogP contribution in [-0.4, -0.2) is 41.0 Å². The number of piperazine rings is 1. The molecule has 1 aliphatic heterocycles. The van der Waals surface area contributed by atoms with E-state index in [0.717, 1.165) is 0 Å². The van der Waals surface area contributed by atoms with Crippen LogP contribution in [0.4, 0.5) is 4.39 Å². The molecule has 1 unspecified atom stereocenters. The topological polar surface area (TPSA) is 69.6 Å². The van der Waals surface area contributed by atoms with Gasteiger partial charge in [0.15, 0.2) is 0 Å². The van der Waals surface area contributed by atoms with Gasteiger partial charge in [-0.1, -0.05) is 11.6 Å². The summed E-state index contributed by atoms with van der Waals surface area (Å²) >= 11 is 5.83. The maximum absolute atomic E-state index is 13.7. The molecule has 1 fully saturated rings. The molecule has 1 aliphatic rings. The summed E-state index contributed by atoms with van der Waals surface area (Å²) < 4.78 is 13.7. The second kappa shape index (κ2) is 6.19. The minimum absolute atomic E-state index is 0.151. The highest BCUT2D eigenvalue weighted by Gasteiger charge is 2.31. The Morgan fingerprint density at radius 1 is 1.55 bits per heavy atom. The third-order valence-electron chi connectivity index (χ3n) is 3.19. The summed E-state index contributed by atoms with van der Waals surface area (Å²) in [6, 6.07) is 3.40. The van der Waals surface area contributed by atoms with Crippen molar-refractivity contribution in [1.29, 1.82) is 0 Å². The van der Waals surface area contributed by atoms with Crippen molar-refractivity contribution in [2.75, 3.05) is 13.1 Å². The number of carboxylic acids is 1. The molecule has 0 saturated carbocycles. The highest BCUT2D eigenvalue weighted by atomic mass is 35.5. The van der Waals surface area contributed by atoms with Crippen LogP contribution in [0.3, 0.4) is 0 Å². The van der Waals surface area contributed by atoms with Gasteiger partial charge in [0.1, 0.15) is 11.9 Å². The molecule has 1 aromatic rings. The van der Waals surface area contributed by atoms with Crippen LogP contribution in [0.25, 0.3) is 0 Å². The molecule has 1 amide bonds. The fourth-order valence-electron chi connectivity index (χ4n) is 2.22. The standard InChI is InChI=1S/C13H14ClFN2O3/c14-9-1-2-10(15)8(5-9)7-17-4-3-16-13(20)11(17)6-12(18)19/h1-2,5,11H,3-4,6-7H2,(H,16,20)(H,18,19). The first kappa shape index (κ1) is 14.7. The van der Waals surface area contributed by atoms with Crippen molar-refractivity contribution in [1.82, 2.24) is 10.2 Å². The van der Waals surface area contributed by atoms with Crippen molar-refractivity contribution in [2.24, 2.45) is 0 Å². The predicted molar refractivity (Wildman–Crippen MR) is 70.9 cm³/mol. The van der Waals surface area contributed by atoms with Gasteiger partial charge in [-0.05, 0) is 18.2 Å². The van der Waals surface area contributed by atoms with Crippen LogP contribution in [0, 0.1) is 5.82 Å². The Hall–Kier alpha value is -1.66. The van der Waals surface area contributed by atoms with Crippen LogP contribution >= 0.6 is 11.6 Å². The second-order valence-electron chi connectivity index (χ2n) is 4.61. The van der Waals surface area contributed by atoms with Crippen molar-refractivity contribution in [2.45, 2.75) is 19.0 Å². The smallest absolute Gasteiger partial charge is 0.305 e. The Balaban J connectivity index is 2.18. The van der Waals surface area contributed by atoms with E-state index < -0.39 is 17.8 Å². The van der Waals surface area contributed by atoms with E-state index in [9.17, 15) is 14.0 Å². The molecule has 0 aromatic heterocycles. The molecule has 1 heterocycles. The number of amides is 1. The van der Waals surface area contributed by atoms with Gasteiger partial charge in [-0.25, -0.2) is 4.39 Å². The Labute approximate surface area is 120 Å². The van der Waals surface area contributed by atoms with E-state index in [-0.39, 0.29) is 18.9 Å². The fraction of sp³-hybridized carbons (Fsp3) is 0.385. The highest BCUT2D eigenvalue weighted by Crippen LogP contribution is 2.19. The lowest BCUT2D eigenvalue weighted by atomic mass is 10.1. The van der Waals surface area contributed by atoms with Crippen LogP contribution in [0.1, 0.15) is 12.0 Å². The zero-order valence-corrected chi connectivity index (χ0v) is 11.4. The highest BCUT2D eigenvalue weighted by molar-refractivity contribution is 6.30. The normalized spacial score (nSPS) is 19.7. The summed E-state index contributed by atoms with van der Waals surface area (Å²) in [6.07, 6.45) is -0.311. The van der Waals surface area contributed by atoms with Crippen molar-refractivity contribution < 1.29 is 19.1 Å². The first-order valence-electron chi connectivity index (χ1n) is 6.15. The summed E-state index contributed by atoms with van der Waals surface area (Å²) in [5, 5.41) is 11.9. The third kappa shape index (κ3) is 3.46. The van der Waals surface area contributed by atoms with Crippen molar-refractivity contribution in [3.63, 3.8) is 0 Å². The van der Waals surface area contributed by atoms with Gasteiger partial charge in [-0.3, -0.25) is 14.5 Å². The van der Waals surface area contributed by atoms with Crippen LogP contribution in [0.5, 0.6) is 0 Å². The molecule has 108 valence electrons. The van der Waals surface area contributed by atoms with Gasteiger partial charge in [-0.2, -0.15) is 0 Å². The average Bonchev–Trinajstić information content (AvgIpc) is 2.37. The number of hydrogen-bond donors (Lipinski definition) is 2. The molecule has 0 radical (unpaired) electrons. The van der Waals surface area contributed by atoms with Crippen molar-refractivity contribution in [3.05, 3.63) is 34.6 Å². The molecule has 5 nitrogen and oxygen atoms in total. The monoisotopic (exact) mass is 300 g/mol. The van der Waals surface area contributed by atoms with E-state index >= 15 is 0 Å². The zero-order chi connectivity index (χ0) is 14.7. The Morgan fingerprint density at radius 3 is 3.00 bits per heavy atom. The van der Waals surface area contributed by atoms with Gasteiger partial charge in [0.25, 0.3) is 0 Å². The lowest BCUT2D eigenvalue weighted by molar-refractivity contribution is -0.143. The lowest BCUT2D eigenvalue weighted by Gasteiger charge is -2.34. The molecule has 7 heteroatoms. The zero-order valence-electron chi connectivity index (χ0n) is 10.6. The van der Waals surface area contributed by atoms with Crippen molar-refractivity contribution >= 4 is 23.5 Å². The van der Waals surface area contributed by atoms with Gasteiger partial charge in [0.05, 0.1) is 6.42 Å². The number of hydrogen-bond acceptors (Lipinski definition) is 3. The largest absolute Gasteiger partial charge is 0.481 e. The molecule has 1 atom stereocenters. The second-order valence-corrected chi connectivity index (χ2v) is 5.05. The number of nitrogens with zero attached hydrogens (tertiary/aromatic N) is 1. The van der Waals surface area contributed by atoms with E-state index in [1.807, 2.05) is 0 Å². The van der Waals surface area contributed by atoms with Crippen LogP contribution in [-0.2, 0) is 16.1 Å². The number of carbonyl (C=O) groups is 2. The number of rotatable bonds is 4. The molecule has 2 N–H and O–H groups in total. The van der Waals surface area contributed by atoms with E-state index in [4.69, 9.17) is 16.7 Å². The molecule has 0 bridgehead atoms. The number of carboxylic acid groups (broad SMARTS) is 1. The number of carbonyl (C=O) groups excluding carboxylic acids is 1. The van der Waals surface area contributed by atoms with E-state index in [1.54, 1.807) is 4.90 Å². The molecule has 1 aromatic carbocycles. The molecule has 20 heavy (non-hydrogen) atoms. The minimum Gasteiger partial charge on any atom is -0.481 e. The summed E-state index contributed by atoms with van der Waals surface area (Å²) in [6.45, 7) is 1.03. The fourth-order valence-corrected chi connectivity index (χ4v) is 2.42. The summed E-state index contributed by atoms with van der Waals surface area (Å²) in [5.41, 5.74) is 0.350. The van der Waals surface area contributed by atoms with Gasteiger partial charge >= 0.3 is 5.97 Å². The molecule has 0 spiro atoms. The summed E-state index contributed by atoms with van der Waals surface area (Å²) in [4.78, 5) is 24.2. The van der Waals surface area contributed by atoms with E-state index in [2.05, 4.69) is 5.32 Å². The predicted octanol–water partition coefficient (Wildman–Crippen LogP) is 1.25. The molecule has 0 aliphatic carbocycles.